The summed E-state index contributed by atoms with van der Waals surface area (Å²) < 4.78 is 45.0. The Hall–Kier alpha value is -1.20. The minimum absolute atomic E-state index is 0.0511. The molecule has 1 aromatic rings. The molecule has 3 rings (SSSR count). The molecule has 0 bridgehead atoms. The Bertz CT molecular complexity index is 591. The van der Waals surface area contributed by atoms with E-state index in [9.17, 15) is 8.78 Å². The summed E-state index contributed by atoms with van der Waals surface area (Å²) in [7, 11) is 0. The molecule has 1 aromatic carbocycles. The number of hydrogen-bond donors (Lipinski definition) is 0. The van der Waals surface area contributed by atoms with Gasteiger partial charge in [-0.2, -0.15) is 4.39 Å². The summed E-state index contributed by atoms with van der Waals surface area (Å²) in [6, 6.07) is 2.99. The Labute approximate surface area is 161 Å². The quantitative estimate of drug-likeness (QED) is 0.610. The van der Waals surface area contributed by atoms with Crippen LogP contribution in [0.2, 0.25) is 0 Å². The van der Waals surface area contributed by atoms with E-state index in [0.29, 0.717) is 25.2 Å². The lowest BCUT2D eigenvalue weighted by molar-refractivity contribution is -0.112. The Morgan fingerprint density at radius 2 is 1.78 bits per heavy atom. The van der Waals surface area contributed by atoms with Crippen molar-refractivity contribution >= 4 is 0 Å². The van der Waals surface area contributed by atoms with Gasteiger partial charge >= 0.3 is 0 Å². The van der Waals surface area contributed by atoms with Gasteiger partial charge in [-0.3, -0.25) is 0 Å². The highest BCUT2D eigenvalue weighted by Gasteiger charge is 2.31. The standard InChI is InChI=1S/C22H32F2O3/c1-3-15-5-7-16(8-6-15)19-12-10-18(14-27-19)26-13-17-9-11-20(25-4-2)22(24)21(17)23/h9,11,15-16,18-19H,3-8,10,12-14H2,1-2H3. The van der Waals surface area contributed by atoms with Crippen LogP contribution in [0.15, 0.2) is 12.1 Å². The molecule has 2 aliphatic rings. The van der Waals surface area contributed by atoms with Crippen molar-refractivity contribution in [3.05, 3.63) is 29.3 Å². The van der Waals surface area contributed by atoms with Crippen LogP contribution in [0.25, 0.3) is 0 Å². The third-order valence-corrected chi connectivity index (χ3v) is 6.17. The van der Waals surface area contributed by atoms with E-state index in [1.165, 1.54) is 44.2 Å². The van der Waals surface area contributed by atoms with Gasteiger partial charge in [0, 0.05) is 5.56 Å². The highest BCUT2D eigenvalue weighted by atomic mass is 19.2. The maximum atomic E-state index is 14.1. The lowest BCUT2D eigenvalue weighted by Crippen LogP contribution is -2.37. The molecule has 3 nitrogen and oxygen atoms in total. The van der Waals surface area contributed by atoms with E-state index in [2.05, 4.69) is 6.92 Å². The van der Waals surface area contributed by atoms with E-state index in [1.54, 1.807) is 6.92 Å². The fourth-order valence-electron chi connectivity index (χ4n) is 4.38. The summed E-state index contributed by atoms with van der Waals surface area (Å²) >= 11 is 0. The molecule has 0 radical (unpaired) electrons. The summed E-state index contributed by atoms with van der Waals surface area (Å²) in [5.74, 6) is -0.319. The van der Waals surface area contributed by atoms with Crippen LogP contribution in [-0.4, -0.2) is 25.4 Å². The number of halogens is 2. The molecular formula is C22H32F2O3. The molecule has 0 spiro atoms. The highest BCUT2D eigenvalue weighted by Crippen LogP contribution is 2.36. The lowest BCUT2D eigenvalue weighted by atomic mass is 9.77. The van der Waals surface area contributed by atoms with Crippen LogP contribution in [0.5, 0.6) is 5.75 Å². The van der Waals surface area contributed by atoms with Crippen LogP contribution in [0.3, 0.4) is 0 Å². The van der Waals surface area contributed by atoms with Gasteiger partial charge in [-0.1, -0.05) is 26.2 Å². The first-order valence-electron chi connectivity index (χ1n) is 10.4. The van der Waals surface area contributed by atoms with Crippen molar-refractivity contribution in [1.82, 2.24) is 0 Å². The van der Waals surface area contributed by atoms with E-state index in [1.807, 2.05) is 0 Å². The second-order valence-corrected chi connectivity index (χ2v) is 7.86. The van der Waals surface area contributed by atoms with Gasteiger partial charge in [-0.25, -0.2) is 4.39 Å². The van der Waals surface area contributed by atoms with Crippen molar-refractivity contribution in [3.63, 3.8) is 0 Å². The third-order valence-electron chi connectivity index (χ3n) is 6.17. The Morgan fingerprint density at radius 1 is 1.00 bits per heavy atom. The largest absolute Gasteiger partial charge is 0.491 e. The zero-order valence-corrected chi connectivity index (χ0v) is 16.5. The van der Waals surface area contributed by atoms with Crippen LogP contribution in [0.1, 0.15) is 64.4 Å². The molecule has 0 aromatic heterocycles. The van der Waals surface area contributed by atoms with Gasteiger partial charge in [0.05, 0.1) is 32.0 Å². The van der Waals surface area contributed by atoms with Crippen molar-refractivity contribution in [2.24, 2.45) is 11.8 Å². The molecule has 1 heterocycles. The van der Waals surface area contributed by atoms with Crippen molar-refractivity contribution in [2.45, 2.75) is 77.6 Å². The fraction of sp³-hybridized carbons (Fsp3) is 0.727. The van der Waals surface area contributed by atoms with Gasteiger partial charge in [0.15, 0.2) is 11.6 Å². The molecule has 5 heteroatoms. The molecule has 0 amide bonds. The fourth-order valence-corrected chi connectivity index (χ4v) is 4.38. The van der Waals surface area contributed by atoms with Crippen molar-refractivity contribution in [3.8, 4) is 5.75 Å². The maximum Gasteiger partial charge on any atom is 0.200 e. The van der Waals surface area contributed by atoms with Gasteiger partial charge in [0.1, 0.15) is 0 Å². The van der Waals surface area contributed by atoms with Crippen LogP contribution in [-0.2, 0) is 16.1 Å². The summed E-state index contributed by atoms with van der Waals surface area (Å²) in [4.78, 5) is 0. The summed E-state index contributed by atoms with van der Waals surface area (Å²) in [6.45, 7) is 4.91. The van der Waals surface area contributed by atoms with Crippen LogP contribution >= 0.6 is 0 Å². The average molecular weight is 382 g/mol. The molecule has 0 N–H and O–H groups in total. The van der Waals surface area contributed by atoms with Gasteiger partial charge in [-0.15, -0.1) is 0 Å². The normalized spacial score (nSPS) is 28.9. The molecule has 1 aliphatic heterocycles. The van der Waals surface area contributed by atoms with E-state index in [4.69, 9.17) is 14.2 Å². The minimum atomic E-state index is -0.944. The predicted octanol–water partition coefficient (Wildman–Crippen LogP) is 5.64. The molecule has 2 atom stereocenters. The van der Waals surface area contributed by atoms with Gasteiger partial charge < -0.3 is 14.2 Å². The summed E-state index contributed by atoms with van der Waals surface area (Å²) in [5.41, 5.74) is 0.218. The van der Waals surface area contributed by atoms with Crippen LogP contribution in [0, 0.1) is 23.5 Å². The number of benzene rings is 1. The number of rotatable bonds is 7. The number of ether oxygens (including phenoxy) is 3. The Kier molecular flexibility index (Phi) is 7.48. The molecule has 1 aliphatic carbocycles. The van der Waals surface area contributed by atoms with Crippen molar-refractivity contribution < 1.29 is 23.0 Å². The first kappa shape index (κ1) is 20.5. The topological polar surface area (TPSA) is 27.7 Å². The monoisotopic (exact) mass is 382 g/mol. The lowest BCUT2D eigenvalue weighted by Gasteiger charge is -2.37. The minimum Gasteiger partial charge on any atom is -0.491 e. The molecule has 1 saturated carbocycles. The zero-order valence-electron chi connectivity index (χ0n) is 16.5. The Morgan fingerprint density at radius 3 is 2.41 bits per heavy atom. The smallest absolute Gasteiger partial charge is 0.200 e. The van der Waals surface area contributed by atoms with Gasteiger partial charge in [-0.05, 0) is 56.6 Å². The molecule has 27 heavy (non-hydrogen) atoms. The second-order valence-electron chi connectivity index (χ2n) is 7.86. The van der Waals surface area contributed by atoms with E-state index >= 15 is 0 Å². The third kappa shape index (κ3) is 5.20. The predicted molar refractivity (Wildman–Crippen MR) is 101 cm³/mol. The van der Waals surface area contributed by atoms with Gasteiger partial charge in [0.25, 0.3) is 0 Å². The van der Waals surface area contributed by atoms with Crippen LogP contribution in [0.4, 0.5) is 8.78 Å². The molecule has 1 saturated heterocycles. The van der Waals surface area contributed by atoms with Crippen LogP contribution < -0.4 is 4.74 Å². The van der Waals surface area contributed by atoms with Crippen molar-refractivity contribution in [1.29, 1.82) is 0 Å². The summed E-state index contributed by atoms with van der Waals surface area (Å²) in [6.07, 6.45) is 8.66. The highest BCUT2D eigenvalue weighted by molar-refractivity contribution is 5.30. The first-order valence-corrected chi connectivity index (χ1v) is 10.4. The van der Waals surface area contributed by atoms with E-state index in [0.717, 1.165) is 18.8 Å². The van der Waals surface area contributed by atoms with E-state index < -0.39 is 11.6 Å². The van der Waals surface area contributed by atoms with Gasteiger partial charge in [0.2, 0.25) is 5.82 Å². The van der Waals surface area contributed by atoms with E-state index in [-0.39, 0.29) is 24.0 Å². The number of hydrogen-bond acceptors (Lipinski definition) is 3. The average Bonchev–Trinajstić information content (AvgIpc) is 2.71. The molecule has 2 unspecified atom stereocenters. The first-order chi connectivity index (χ1) is 13.1. The zero-order chi connectivity index (χ0) is 19.2. The SMILES string of the molecule is CCOc1ccc(COC2CCC(C3CCC(CC)CC3)OC2)c(F)c1F. The molecule has 152 valence electrons. The second kappa shape index (κ2) is 9.83. The van der Waals surface area contributed by atoms with Crippen molar-refractivity contribution in [2.75, 3.05) is 13.2 Å². The molecule has 2 fully saturated rings. The molecular weight excluding hydrogens is 350 g/mol. The summed E-state index contributed by atoms with van der Waals surface area (Å²) in [5, 5.41) is 0. The maximum absolute atomic E-state index is 14.1. The Balaban J connectivity index is 1.44.